The fraction of sp³-hybridized carbons (Fsp3) is 0.100. The zero-order valence-electron chi connectivity index (χ0n) is 24.3. The van der Waals surface area contributed by atoms with E-state index < -0.39 is 0 Å². The van der Waals surface area contributed by atoms with E-state index in [0.29, 0.717) is 0 Å². The molecule has 0 saturated carbocycles. The van der Waals surface area contributed by atoms with Crippen LogP contribution in [0.1, 0.15) is 24.1 Å². The molecule has 0 unspecified atom stereocenters. The minimum absolute atomic E-state index is 0.918. The van der Waals surface area contributed by atoms with E-state index in [1.165, 1.54) is 62.4 Å². The SMILES string of the molecule is c1ccc(-c2ccnc(-n3c4c(c5ccc6c7ccccc7n(-c7cccc(-c8ccccc8)n7)c6c53)CCCC4)c2)cc1. The Morgan fingerprint density at radius 3 is 2.09 bits per heavy atom. The number of fused-ring (bicyclic) bond motifs is 7. The van der Waals surface area contributed by atoms with E-state index in [0.717, 1.165) is 41.3 Å². The van der Waals surface area contributed by atoms with E-state index in [-0.39, 0.29) is 0 Å². The maximum absolute atomic E-state index is 5.27. The van der Waals surface area contributed by atoms with Gasteiger partial charge < -0.3 is 0 Å². The largest absolute Gasteiger partial charge is 0.296 e. The van der Waals surface area contributed by atoms with Crippen molar-refractivity contribution in [2.75, 3.05) is 0 Å². The van der Waals surface area contributed by atoms with Crippen molar-refractivity contribution in [2.24, 2.45) is 0 Å². The summed E-state index contributed by atoms with van der Waals surface area (Å²) in [4.78, 5) is 10.3. The van der Waals surface area contributed by atoms with Crippen molar-refractivity contribution >= 4 is 32.7 Å². The van der Waals surface area contributed by atoms with Gasteiger partial charge in [-0.05, 0) is 72.7 Å². The van der Waals surface area contributed by atoms with Crippen LogP contribution >= 0.6 is 0 Å². The summed E-state index contributed by atoms with van der Waals surface area (Å²) in [7, 11) is 0. The minimum atomic E-state index is 0.918. The van der Waals surface area contributed by atoms with Crippen molar-refractivity contribution in [2.45, 2.75) is 25.7 Å². The van der Waals surface area contributed by atoms with E-state index >= 15 is 0 Å². The quantitative estimate of drug-likeness (QED) is 0.213. The molecule has 0 fully saturated rings. The molecule has 4 nitrogen and oxygen atoms in total. The van der Waals surface area contributed by atoms with Gasteiger partial charge in [0, 0.05) is 33.6 Å². The lowest BCUT2D eigenvalue weighted by molar-refractivity contribution is 0.665. The van der Waals surface area contributed by atoms with Crippen LogP contribution < -0.4 is 0 Å². The molecular formula is C40H30N4. The highest BCUT2D eigenvalue weighted by Crippen LogP contribution is 2.42. The first kappa shape index (κ1) is 25.1. The second kappa shape index (κ2) is 10.1. The van der Waals surface area contributed by atoms with Crippen LogP contribution in [0.3, 0.4) is 0 Å². The Labute approximate surface area is 255 Å². The number of hydrogen-bond donors (Lipinski definition) is 0. The number of aromatic nitrogens is 4. The fourth-order valence-electron chi connectivity index (χ4n) is 7.23. The molecule has 9 rings (SSSR count). The highest BCUT2D eigenvalue weighted by atomic mass is 15.1. The molecule has 0 saturated heterocycles. The summed E-state index contributed by atoms with van der Waals surface area (Å²) in [5, 5.41) is 3.78. The van der Waals surface area contributed by atoms with Crippen LogP contribution in [0.2, 0.25) is 0 Å². The summed E-state index contributed by atoms with van der Waals surface area (Å²) >= 11 is 0. The predicted molar refractivity (Wildman–Crippen MR) is 181 cm³/mol. The second-order valence-electron chi connectivity index (χ2n) is 11.7. The lowest BCUT2D eigenvalue weighted by Crippen LogP contribution is -2.08. The normalized spacial score (nSPS) is 13.1. The van der Waals surface area contributed by atoms with Crippen LogP contribution in [0.15, 0.2) is 134 Å². The number of aryl methyl sites for hydroxylation is 1. The summed E-state index contributed by atoms with van der Waals surface area (Å²) < 4.78 is 4.84. The standard InChI is InChI=1S/C40H30N4/c1-3-12-27(13-4-1)29-24-25-41-38(26-29)44-36-20-10-8-17-31(36)33-23-22-32-30-16-7-9-19-35(30)43(39(32)40(33)44)37-21-11-18-34(42-37)28-14-5-2-6-15-28/h1-7,9,11-16,18-19,21-26H,8,10,17,20H2. The van der Waals surface area contributed by atoms with Gasteiger partial charge in [0.2, 0.25) is 0 Å². The molecule has 210 valence electrons. The van der Waals surface area contributed by atoms with Crippen molar-refractivity contribution in [1.82, 2.24) is 19.1 Å². The number of benzene rings is 4. The van der Waals surface area contributed by atoms with Gasteiger partial charge in [0.1, 0.15) is 11.6 Å². The van der Waals surface area contributed by atoms with Crippen LogP contribution in [0.4, 0.5) is 0 Å². The van der Waals surface area contributed by atoms with E-state index in [9.17, 15) is 0 Å². The monoisotopic (exact) mass is 566 g/mol. The number of nitrogens with zero attached hydrogens (tertiary/aromatic N) is 4. The van der Waals surface area contributed by atoms with Crippen LogP contribution in [0.25, 0.3) is 66.7 Å². The van der Waals surface area contributed by atoms with Crippen molar-refractivity contribution < 1.29 is 0 Å². The molecule has 4 aromatic heterocycles. The van der Waals surface area contributed by atoms with Crippen LogP contribution in [-0.2, 0) is 12.8 Å². The van der Waals surface area contributed by atoms with Gasteiger partial charge in [-0.15, -0.1) is 0 Å². The summed E-state index contributed by atoms with van der Waals surface area (Å²) in [6.07, 6.45) is 6.49. The van der Waals surface area contributed by atoms with Gasteiger partial charge in [-0.1, -0.05) is 97.1 Å². The Bertz CT molecular complexity index is 2330. The van der Waals surface area contributed by atoms with Gasteiger partial charge in [-0.2, -0.15) is 0 Å². The molecule has 0 aliphatic heterocycles. The van der Waals surface area contributed by atoms with Crippen molar-refractivity contribution in [3.05, 3.63) is 145 Å². The Balaban J connectivity index is 1.40. The minimum Gasteiger partial charge on any atom is -0.296 e. The predicted octanol–water partition coefficient (Wildman–Crippen LogP) is 9.73. The summed E-state index contributed by atoms with van der Waals surface area (Å²) in [5.41, 5.74) is 10.9. The highest BCUT2D eigenvalue weighted by molar-refractivity contribution is 6.18. The molecule has 8 aromatic rings. The van der Waals surface area contributed by atoms with E-state index in [1.807, 2.05) is 12.3 Å². The summed E-state index contributed by atoms with van der Waals surface area (Å²) in [6.45, 7) is 0. The average Bonchev–Trinajstić information content (AvgIpc) is 3.62. The van der Waals surface area contributed by atoms with Gasteiger partial charge in [-0.25, -0.2) is 9.97 Å². The molecule has 1 aliphatic rings. The molecule has 0 atom stereocenters. The van der Waals surface area contributed by atoms with Gasteiger partial charge in [-0.3, -0.25) is 9.13 Å². The Hall–Kier alpha value is -5.48. The molecule has 4 aromatic carbocycles. The molecule has 4 heterocycles. The number of pyridine rings is 2. The maximum atomic E-state index is 5.27. The van der Waals surface area contributed by atoms with E-state index in [2.05, 4.69) is 130 Å². The van der Waals surface area contributed by atoms with Crippen molar-refractivity contribution in [3.63, 3.8) is 0 Å². The Kier molecular flexibility index (Phi) is 5.73. The smallest absolute Gasteiger partial charge is 0.138 e. The molecule has 44 heavy (non-hydrogen) atoms. The second-order valence-corrected chi connectivity index (χ2v) is 11.7. The molecule has 0 spiro atoms. The van der Waals surface area contributed by atoms with Crippen LogP contribution in [0, 0.1) is 0 Å². The van der Waals surface area contributed by atoms with E-state index in [1.54, 1.807) is 0 Å². The molecular weight excluding hydrogens is 536 g/mol. The van der Waals surface area contributed by atoms with Crippen LogP contribution in [-0.4, -0.2) is 19.1 Å². The first-order valence-corrected chi connectivity index (χ1v) is 15.5. The fourth-order valence-corrected chi connectivity index (χ4v) is 7.23. The highest BCUT2D eigenvalue weighted by Gasteiger charge is 2.26. The number of para-hydroxylation sites is 1. The van der Waals surface area contributed by atoms with Gasteiger partial charge in [0.25, 0.3) is 0 Å². The number of hydrogen-bond acceptors (Lipinski definition) is 2. The first-order valence-electron chi connectivity index (χ1n) is 15.5. The van der Waals surface area contributed by atoms with E-state index in [4.69, 9.17) is 9.97 Å². The number of rotatable bonds is 4. The lowest BCUT2D eigenvalue weighted by Gasteiger charge is -2.16. The molecule has 1 aliphatic carbocycles. The average molecular weight is 567 g/mol. The van der Waals surface area contributed by atoms with Gasteiger partial charge >= 0.3 is 0 Å². The van der Waals surface area contributed by atoms with Gasteiger partial charge in [0.15, 0.2) is 0 Å². The zero-order chi connectivity index (χ0) is 29.0. The molecule has 0 amide bonds. The Morgan fingerprint density at radius 1 is 0.500 bits per heavy atom. The molecule has 0 radical (unpaired) electrons. The Morgan fingerprint density at radius 2 is 1.23 bits per heavy atom. The van der Waals surface area contributed by atoms with Gasteiger partial charge in [0.05, 0.1) is 22.2 Å². The zero-order valence-corrected chi connectivity index (χ0v) is 24.3. The third-order valence-corrected chi connectivity index (χ3v) is 9.18. The third kappa shape index (κ3) is 3.84. The third-order valence-electron chi connectivity index (χ3n) is 9.18. The molecule has 0 N–H and O–H groups in total. The van der Waals surface area contributed by atoms with Crippen molar-refractivity contribution in [3.8, 4) is 34.0 Å². The first-order chi connectivity index (χ1) is 21.8. The summed E-state index contributed by atoms with van der Waals surface area (Å²) in [6, 6.07) is 45.2. The van der Waals surface area contributed by atoms with Crippen molar-refractivity contribution in [1.29, 1.82) is 0 Å². The topological polar surface area (TPSA) is 35.6 Å². The summed E-state index contributed by atoms with van der Waals surface area (Å²) in [5.74, 6) is 1.89. The lowest BCUT2D eigenvalue weighted by atomic mass is 9.95. The van der Waals surface area contributed by atoms with Crippen LogP contribution in [0.5, 0.6) is 0 Å². The maximum Gasteiger partial charge on any atom is 0.138 e. The molecule has 0 bridgehead atoms. The molecule has 4 heteroatoms.